The molecule has 1 amide bonds. The first-order valence-electron chi connectivity index (χ1n) is 8.21. The van der Waals surface area contributed by atoms with Crippen LogP contribution in [0.15, 0.2) is 35.1 Å². The molecule has 0 saturated carbocycles. The average Bonchev–Trinajstić information content (AvgIpc) is 3.15. The van der Waals surface area contributed by atoms with Crippen molar-refractivity contribution in [2.24, 2.45) is 0 Å². The van der Waals surface area contributed by atoms with Crippen LogP contribution >= 0.6 is 0 Å². The number of carbonyl (C=O) groups excluding carboxylic acids is 1. The van der Waals surface area contributed by atoms with E-state index in [4.69, 9.17) is 19.5 Å². The number of aromatic nitrogens is 1. The Balaban J connectivity index is 2.00. The highest BCUT2D eigenvalue weighted by Gasteiger charge is 2.23. The van der Waals surface area contributed by atoms with Gasteiger partial charge in [0, 0.05) is 0 Å². The molecule has 28 heavy (non-hydrogen) atoms. The van der Waals surface area contributed by atoms with Crippen LogP contribution in [0.2, 0.25) is 0 Å². The highest BCUT2D eigenvalue weighted by atomic mass is 19.1. The van der Waals surface area contributed by atoms with Gasteiger partial charge >= 0.3 is 0 Å². The third-order valence-electron chi connectivity index (χ3n) is 3.92. The summed E-state index contributed by atoms with van der Waals surface area (Å²) in [4.78, 5) is 21.1. The molecule has 0 spiro atoms. The molecule has 0 fully saturated rings. The first-order chi connectivity index (χ1) is 13.4. The number of aliphatic hydroxyl groups is 2. The Hall–Kier alpha value is -3.08. The summed E-state index contributed by atoms with van der Waals surface area (Å²) in [5.41, 5.74) is 1.90. The van der Waals surface area contributed by atoms with Crippen molar-refractivity contribution in [1.82, 2.24) is 10.5 Å². The summed E-state index contributed by atoms with van der Waals surface area (Å²) < 4.78 is 34.2. The number of aliphatic hydroxyl groups excluding tert-OH is 2. The number of carbonyl (C=O) groups is 1. The van der Waals surface area contributed by atoms with E-state index in [0.29, 0.717) is 5.56 Å². The SMILES string of the molecule is Cc1ccc(Nc2c(C(=O)NOC(CO)CO)cc3ocnc3c2F)c(F)c1. The zero-order chi connectivity index (χ0) is 20.3. The Kier molecular flexibility index (Phi) is 5.83. The van der Waals surface area contributed by atoms with Gasteiger partial charge < -0.3 is 19.9 Å². The van der Waals surface area contributed by atoms with E-state index in [1.54, 1.807) is 13.0 Å². The number of hydrogen-bond acceptors (Lipinski definition) is 7. The Morgan fingerprint density at radius 3 is 2.71 bits per heavy atom. The van der Waals surface area contributed by atoms with Crippen molar-refractivity contribution in [1.29, 1.82) is 0 Å². The summed E-state index contributed by atoms with van der Waals surface area (Å²) in [6.45, 7) is 0.599. The van der Waals surface area contributed by atoms with E-state index in [0.717, 1.165) is 6.39 Å². The third-order valence-corrected chi connectivity index (χ3v) is 3.92. The topological polar surface area (TPSA) is 117 Å². The lowest BCUT2D eigenvalue weighted by Crippen LogP contribution is -2.34. The number of nitrogens with one attached hydrogen (secondary N) is 2. The van der Waals surface area contributed by atoms with Gasteiger partial charge in [-0.15, -0.1) is 0 Å². The highest BCUT2D eigenvalue weighted by Crippen LogP contribution is 2.31. The van der Waals surface area contributed by atoms with Crippen LogP contribution in [0.3, 0.4) is 0 Å². The Labute approximate surface area is 157 Å². The molecule has 10 heteroatoms. The summed E-state index contributed by atoms with van der Waals surface area (Å²) in [6.07, 6.45) is -0.0517. The second-order valence-electron chi connectivity index (χ2n) is 5.96. The fourth-order valence-electron chi connectivity index (χ4n) is 2.44. The summed E-state index contributed by atoms with van der Waals surface area (Å²) in [7, 11) is 0. The van der Waals surface area contributed by atoms with Crippen molar-refractivity contribution in [3.8, 4) is 0 Å². The van der Waals surface area contributed by atoms with Gasteiger partial charge in [-0.05, 0) is 30.7 Å². The van der Waals surface area contributed by atoms with E-state index in [9.17, 15) is 13.6 Å². The van der Waals surface area contributed by atoms with Crippen molar-refractivity contribution in [2.45, 2.75) is 13.0 Å². The van der Waals surface area contributed by atoms with Crippen LogP contribution < -0.4 is 10.8 Å². The third kappa shape index (κ3) is 3.93. The van der Waals surface area contributed by atoms with Crippen LogP contribution in [-0.4, -0.2) is 40.4 Å². The van der Waals surface area contributed by atoms with Crippen LogP contribution in [0.25, 0.3) is 11.1 Å². The average molecular weight is 393 g/mol. The van der Waals surface area contributed by atoms with Crippen LogP contribution in [0.1, 0.15) is 15.9 Å². The van der Waals surface area contributed by atoms with Crippen LogP contribution in [0.5, 0.6) is 0 Å². The van der Waals surface area contributed by atoms with E-state index in [1.165, 1.54) is 18.2 Å². The first kappa shape index (κ1) is 19.7. The molecule has 1 heterocycles. The van der Waals surface area contributed by atoms with Gasteiger partial charge in [-0.1, -0.05) is 6.07 Å². The van der Waals surface area contributed by atoms with Gasteiger partial charge in [0.1, 0.15) is 17.4 Å². The first-order valence-corrected chi connectivity index (χ1v) is 8.21. The minimum atomic E-state index is -1.06. The van der Waals surface area contributed by atoms with Crippen molar-refractivity contribution < 1.29 is 33.0 Å². The summed E-state index contributed by atoms with van der Waals surface area (Å²) in [5.74, 6) is -2.46. The zero-order valence-corrected chi connectivity index (χ0v) is 14.7. The van der Waals surface area contributed by atoms with E-state index >= 15 is 0 Å². The molecule has 2 aromatic carbocycles. The van der Waals surface area contributed by atoms with E-state index in [2.05, 4.69) is 10.3 Å². The van der Waals surface area contributed by atoms with Crippen molar-refractivity contribution in [3.05, 3.63) is 53.4 Å². The Morgan fingerprint density at radius 2 is 2.04 bits per heavy atom. The van der Waals surface area contributed by atoms with Crippen LogP contribution in [0.4, 0.5) is 20.2 Å². The molecule has 0 aliphatic heterocycles. The number of aryl methyl sites for hydroxylation is 1. The molecule has 0 radical (unpaired) electrons. The highest BCUT2D eigenvalue weighted by molar-refractivity contribution is 6.03. The minimum Gasteiger partial charge on any atom is -0.443 e. The van der Waals surface area contributed by atoms with Crippen molar-refractivity contribution in [3.63, 3.8) is 0 Å². The number of halogens is 2. The standard InChI is InChI=1S/C18H17F2N3O5/c1-9-2-3-13(12(19)4-9)22-16-11(18(26)23-28-10(6-24)7-25)5-14-17(15(16)20)21-8-27-14/h2-5,8,10,22,24-25H,6-7H2,1H3,(H,23,26). The minimum absolute atomic E-state index is 0.00144. The van der Waals surface area contributed by atoms with E-state index < -0.39 is 36.9 Å². The quantitative estimate of drug-likeness (QED) is 0.455. The van der Waals surface area contributed by atoms with Gasteiger partial charge in [-0.2, -0.15) is 0 Å². The summed E-state index contributed by atoms with van der Waals surface area (Å²) in [5, 5.41) is 20.6. The number of hydroxylamine groups is 1. The molecule has 148 valence electrons. The summed E-state index contributed by atoms with van der Waals surface area (Å²) in [6, 6.07) is 5.49. The zero-order valence-electron chi connectivity index (χ0n) is 14.7. The number of fused-ring (bicyclic) bond motifs is 1. The molecule has 1 aromatic heterocycles. The lowest BCUT2D eigenvalue weighted by Gasteiger charge is -2.16. The lowest BCUT2D eigenvalue weighted by molar-refractivity contribution is -0.0618. The molecule has 3 rings (SSSR count). The second-order valence-corrected chi connectivity index (χ2v) is 5.96. The number of nitrogens with zero attached hydrogens (tertiary/aromatic N) is 1. The van der Waals surface area contributed by atoms with Gasteiger partial charge in [0.2, 0.25) is 0 Å². The van der Waals surface area contributed by atoms with E-state index in [-0.39, 0.29) is 28.0 Å². The second kappa shape index (κ2) is 8.30. The predicted octanol–water partition coefficient (Wildman–Crippen LogP) is 2.17. The van der Waals surface area contributed by atoms with Crippen molar-refractivity contribution in [2.75, 3.05) is 18.5 Å². The van der Waals surface area contributed by atoms with Crippen molar-refractivity contribution >= 4 is 28.4 Å². The fourth-order valence-corrected chi connectivity index (χ4v) is 2.44. The molecular formula is C18H17F2N3O5. The molecule has 0 atom stereocenters. The molecule has 0 saturated heterocycles. The largest absolute Gasteiger partial charge is 0.443 e. The Bertz CT molecular complexity index is 1000. The molecule has 3 aromatic rings. The monoisotopic (exact) mass is 393 g/mol. The maximum atomic E-state index is 14.9. The number of rotatable bonds is 7. The lowest BCUT2D eigenvalue weighted by atomic mass is 10.1. The maximum Gasteiger partial charge on any atom is 0.277 e. The molecule has 8 nitrogen and oxygen atoms in total. The normalized spacial score (nSPS) is 11.2. The number of hydrogen-bond donors (Lipinski definition) is 4. The van der Waals surface area contributed by atoms with Crippen LogP contribution in [-0.2, 0) is 4.84 Å². The van der Waals surface area contributed by atoms with Crippen LogP contribution in [0, 0.1) is 18.6 Å². The number of oxazole rings is 1. The van der Waals surface area contributed by atoms with Gasteiger partial charge in [-0.3, -0.25) is 9.63 Å². The molecule has 4 N–H and O–H groups in total. The maximum absolute atomic E-state index is 14.9. The smallest absolute Gasteiger partial charge is 0.277 e. The molecule has 0 aliphatic rings. The molecular weight excluding hydrogens is 376 g/mol. The summed E-state index contributed by atoms with van der Waals surface area (Å²) >= 11 is 0. The fraction of sp³-hybridized carbons (Fsp3) is 0.222. The number of amides is 1. The van der Waals surface area contributed by atoms with Gasteiger partial charge in [-0.25, -0.2) is 19.2 Å². The molecule has 0 aliphatic carbocycles. The van der Waals surface area contributed by atoms with Gasteiger partial charge in [0.05, 0.1) is 30.2 Å². The van der Waals surface area contributed by atoms with Gasteiger partial charge in [0.25, 0.3) is 5.91 Å². The van der Waals surface area contributed by atoms with E-state index in [1.807, 2.05) is 5.48 Å². The predicted molar refractivity (Wildman–Crippen MR) is 94.9 cm³/mol. The van der Waals surface area contributed by atoms with Gasteiger partial charge in [0.15, 0.2) is 17.8 Å². The number of benzene rings is 2. The Morgan fingerprint density at radius 1 is 1.29 bits per heavy atom. The number of anilines is 2. The molecule has 0 unspecified atom stereocenters. The molecule has 0 bridgehead atoms.